The van der Waals surface area contributed by atoms with E-state index in [1.54, 1.807) is 0 Å². The van der Waals surface area contributed by atoms with Crippen molar-refractivity contribution in [2.45, 2.75) is 420 Å². The summed E-state index contributed by atoms with van der Waals surface area (Å²) < 4.78 is 4.01. The molecule has 0 radical (unpaired) electrons. The fraction of sp³-hybridized carbons (Fsp3) is 0.738. The Morgan fingerprint density at radius 2 is 0.436 bits per heavy atom. The normalized spacial score (nSPS) is 12.0. The molecule has 0 saturated heterocycles. The Labute approximate surface area is 945 Å². The van der Waals surface area contributed by atoms with E-state index in [4.69, 9.17) is 97.7 Å². The van der Waals surface area contributed by atoms with Crippen molar-refractivity contribution in [1.82, 2.24) is 0 Å². The van der Waals surface area contributed by atoms with Crippen LogP contribution in [0.1, 0.15) is 415 Å². The van der Waals surface area contributed by atoms with Gasteiger partial charge in [0.25, 0.3) is 0 Å². The lowest BCUT2D eigenvalue weighted by Crippen LogP contribution is -2.35. The first-order valence-electron chi connectivity index (χ1n) is 56.1. The second kappa shape index (κ2) is 65.7. The Kier molecular flexibility index (Phi) is 62.1. The first-order chi connectivity index (χ1) is 68.7. The van der Waals surface area contributed by atoms with Gasteiger partial charge in [-0.2, -0.15) is 0 Å². The molecule has 8 rings (SSSR count). The van der Waals surface area contributed by atoms with Gasteiger partial charge in [0.1, 0.15) is 53.1 Å². The van der Waals surface area contributed by atoms with E-state index in [-0.39, 0.29) is 43.4 Å². The van der Waals surface area contributed by atoms with Gasteiger partial charge in [-0.25, -0.2) is 0 Å². The number of nitrogens with one attached hydrogen (secondary N) is 3. The van der Waals surface area contributed by atoms with Gasteiger partial charge in [-0.1, -0.05) is 341 Å². The lowest BCUT2D eigenvalue weighted by molar-refractivity contribution is 0.358. The van der Waals surface area contributed by atoms with E-state index in [2.05, 4.69) is 241 Å². The molecule has 0 spiro atoms. The van der Waals surface area contributed by atoms with E-state index >= 15 is 0 Å². The number of unbranched alkanes of at least 4 members (excludes halogenated alkanes) is 12. The summed E-state index contributed by atoms with van der Waals surface area (Å²) >= 11 is 40.8. The van der Waals surface area contributed by atoms with Crippen LogP contribution in [0.5, 0.6) is 0 Å². The third-order valence-corrected chi connectivity index (χ3v) is 30.6. The fourth-order valence-electron chi connectivity index (χ4n) is 18.4. The van der Waals surface area contributed by atoms with Crippen LogP contribution in [0.15, 0.2) is 38.4 Å². The minimum absolute atomic E-state index is 0.00710. The largest absolute Gasteiger partial charge is 0.387 e. The molecule has 0 heterocycles. The summed E-state index contributed by atoms with van der Waals surface area (Å²) in [6, 6.07) is 0. The Hall–Kier alpha value is -6.20. The molecule has 27 heteroatoms. The van der Waals surface area contributed by atoms with Gasteiger partial charge in [-0.3, -0.25) is 38.4 Å². The fourth-order valence-corrected chi connectivity index (χ4v) is 21.3. The van der Waals surface area contributed by atoms with Gasteiger partial charge in [0.2, 0.25) is 43.4 Å². The van der Waals surface area contributed by atoms with E-state index < -0.39 is 0 Å². The van der Waals surface area contributed by atoms with Crippen molar-refractivity contribution in [3.63, 3.8) is 0 Å². The highest BCUT2D eigenvalue weighted by atomic mass is 32.1. The zero-order chi connectivity index (χ0) is 115. The van der Waals surface area contributed by atoms with Crippen molar-refractivity contribution < 1.29 is 0 Å². The third kappa shape index (κ3) is 48.6. The minimum Gasteiger partial charge on any atom is -0.387 e. The standard InChI is InChI=1S/C17H29NOS.C16H28N2OS.C16H27NOS.C15H26N2OS.2C15H25NOS.C14H24N2OS.C14H23NOS/c1-6-18(7-2)14-13(15(19)16(14)20)11-9-8-10-12-17(3,4)5;1-7-18(8-2)13-12(14(19)15(13)20)17(6)11-9-10-16(3,4)5;1-6-17(5)13-12(14(18)15(13)19)10-8-7-9-11-16(2,3)4;1-15(2,3)9-7-8-10-17(6)11-12(16(4)5)14(19)13(11)18;1-15(2,3)10-8-6-7-9-11-12(16(4)5)14(18)13(11)17;1-5-16-12-11(13(17)14(12)18)9-7-6-8-10-15(2,3)4;1-14(2,3)8-6-7-9-16(5)11-10(15-4)13(18)12(11)17;1-14(2,3)9-7-5-6-8-10-11(15-4)13(17)12(10)16/h6-12H2,1-5H3;7-11H2,1-6H3;6-11H2,1-5H3;7-10H2,1-6H3;6-10H2,1-5H3;16H,5-10H2,1-4H3;15H,6-9H2,1-5H3;15H,5-9H2,1-4H3. The smallest absolute Gasteiger partial charge is 0.224 e. The van der Waals surface area contributed by atoms with E-state index in [0.717, 1.165) is 239 Å². The van der Waals surface area contributed by atoms with Gasteiger partial charge in [-0.05, 0) is 220 Å². The second-order valence-electron chi connectivity index (χ2n) is 51.3. The van der Waals surface area contributed by atoms with E-state index in [9.17, 15) is 38.4 Å². The number of rotatable bonds is 53. The SMILES string of the molecule is CCN(C)c1c(CCCCCC(C)(C)C)c(=O)c1=S.CCN(CC)c1c(CCCCCC(C)(C)C)c(=O)c1=S.CCN(CC)c1c(N(C)CCCC(C)(C)C)c(=O)c1=S.CCNc1c(CCCCCC(C)(C)C)c(=O)c1=S.CN(C)c1c(CCCCCC(C)(C)C)c(=O)c1=S.CN(C)c1c(N(C)CCCCC(C)(C)C)c(=O)c1=S.CNc1c(CCCCCC(C)(C)C)c(=O)c1=S.CNc1c(N(C)CCCCC(C)(C)C)c(=O)c1=S. The monoisotopic (exact) mass is 2210 g/mol. The lowest BCUT2D eigenvalue weighted by atomic mass is 9.89. The van der Waals surface area contributed by atoms with Gasteiger partial charge in [0.15, 0.2) is 0 Å². The Morgan fingerprint density at radius 3 is 0.745 bits per heavy atom. The molecule has 8 aromatic carbocycles. The van der Waals surface area contributed by atoms with Crippen molar-refractivity contribution in [2.24, 2.45) is 43.3 Å². The first kappa shape index (κ1) is 141. The van der Waals surface area contributed by atoms with Crippen LogP contribution in [0.3, 0.4) is 0 Å². The van der Waals surface area contributed by atoms with Gasteiger partial charge in [0.05, 0.1) is 45.5 Å². The maximum absolute atomic E-state index is 12.0. The zero-order valence-electron chi connectivity index (χ0n) is 101. The molecule has 0 aliphatic heterocycles. The number of hydrogen-bond donors (Lipinski definition) is 3. The maximum atomic E-state index is 12.0. The van der Waals surface area contributed by atoms with E-state index in [1.807, 2.05) is 92.1 Å². The highest BCUT2D eigenvalue weighted by Gasteiger charge is 2.30. The second-order valence-corrected chi connectivity index (χ2v) is 54.6. The van der Waals surface area contributed by atoms with Gasteiger partial charge in [-0.15, -0.1) is 0 Å². The summed E-state index contributed by atoms with van der Waals surface area (Å²) in [5.41, 5.74) is 18.5. The van der Waals surface area contributed by atoms with Crippen molar-refractivity contribution >= 4 is 160 Å². The predicted octanol–water partition coefficient (Wildman–Crippen LogP) is 31.3. The summed E-state index contributed by atoms with van der Waals surface area (Å²) in [7, 11) is 19.4. The molecule has 0 unspecified atom stereocenters. The van der Waals surface area contributed by atoms with Crippen LogP contribution in [-0.2, 0) is 32.1 Å². The summed E-state index contributed by atoms with van der Waals surface area (Å²) in [5, 5.41) is 9.21. The molecule has 0 aliphatic carbocycles. The zero-order valence-corrected chi connectivity index (χ0v) is 108. The van der Waals surface area contributed by atoms with Crippen LogP contribution in [0.25, 0.3) is 0 Å². The first-order valence-corrected chi connectivity index (χ1v) is 59.4. The maximum Gasteiger partial charge on any atom is 0.224 e. The molecule has 0 aliphatic rings. The molecule has 0 fully saturated rings. The van der Waals surface area contributed by atoms with Gasteiger partial charge >= 0.3 is 0 Å². The molecule has 0 atom stereocenters. The van der Waals surface area contributed by atoms with Crippen molar-refractivity contribution in [2.75, 3.05) is 185 Å². The number of hydrogen-bond acceptors (Lipinski definition) is 27. The summed E-state index contributed by atoms with van der Waals surface area (Å²) in [5.74, 6) is 0. The number of nitrogens with zero attached hydrogens (tertiary/aromatic N) is 8. The van der Waals surface area contributed by atoms with Crippen molar-refractivity contribution in [3.8, 4) is 0 Å². The van der Waals surface area contributed by atoms with Crippen LogP contribution < -0.4 is 98.6 Å². The van der Waals surface area contributed by atoms with Crippen molar-refractivity contribution in [1.29, 1.82) is 0 Å². The average Bonchev–Trinajstić information content (AvgIpc) is 0.748. The summed E-state index contributed by atoms with van der Waals surface area (Å²) in [4.78, 5) is 111. The topological polar surface area (TPSA) is 199 Å². The predicted molar refractivity (Wildman–Crippen MR) is 679 cm³/mol. The molecule has 0 bridgehead atoms. The molecule has 0 saturated carbocycles. The van der Waals surface area contributed by atoms with Crippen LogP contribution in [0.4, 0.5) is 62.6 Å². The number of anilines is 11. The van der Waals surface area contributed by atoms with Crippen LogP contribution in [-0.4, -0.2) is 129 Å². The van der Waals surface area contributed by atoms with Crippen LogP contribution in [0.2, 0.25) is 0 Å². The molecule has 149 heavy (non-hydrogen) atoms. The quantitative estimate of drug-likeness (QED) is 0.0240. The average molecular weight is 2210 g/mol. The summed E-state index contributed by atoms with van der Waals surface area (Å²) in [6.45, 7) is 75.0. The molecular weight excluding hydrogens is 2000 g/mol. The lowest BCUT2D eigenvalue weighted by Gasteiger charge is -2.31. The summed E-state index contributed by atoms with van der Waals surface area (Å²) in [6.07, 6.45) is 37.6. The van der Waals surface area contributed by atoms with Crippen LogP contribution >= 0.6 is 97.7 Å². The molecule has 0 amide bonds. The molecule has 8 aromatic rings. The third-order valence-electron chi connectivity index (χ3n) is 27.5. The van der Waals surface area contributed by atoms with Gasteiger partial charge < -0.3 is 55.1 Å². The molecule has 846 valence electrons. The molecule has 3 N–H and O–H groups in total. The Bertz CT molecular complexity index is 5940. The Balaban J connectivity index is 0.000000852. The highest BCUT2D eigenvalue weighted by molar-refractivity contribution is 7.73. The van der Waals surface area contributed by atoms with Gasteiger partial charge in [0, 0.05) is 157 Å². The Morgan fingerprint density at radius 1 is 0.208 bits per heavy atom. The minimum atomic E-state index is 0.00710. The van der Waals surface area contributed by atoms with E-state index in [1.165, 1.54) is 122 Å². The van der Waals surface area contributed by atoms with E-state index in [0.29, 0.717) is 79.4 Å². The van der Waals surface area contributed by atoms with Crippen LogP contribution in [0, 0.1) is 79.4 Å². The molecule has 0 aromatic heterocycles. The van der Waals surface area contributed by atoms with Crippen molar-refractivity contribution in [3.05, 3.63) is 146 Å². The highest BCUT2D eigenvalue weighted by Crippen LogP contribution is 2.37. The molecule has 19 nitrogen and oxygen atoms in total. The molecular formula is C122H207N11O8S8.